The zero-order valence-electron chi connectivity index (χ0n) is 11.8. The van der Waals surface area contributed by atoms with Crippen molar-refractivity contribution in [3.8, 4) is 0 Å². The molecule has 2 amide bonds. The fraction of sp³-hybridized carbons (Fsp3) is 0.846. The van der Waals surface area contributed by atoms with Gasteiger partial charge < -0.3 is 15.0 Å². The number of likely N-dealkylation sites (tertiary alicyclic amines) is 1. The van der Waals surface area contributed by atoms with Crippen LogP contribution in [0.2, 0.25) is 0 Å². The van der Waals surface area contributed by atoms with Crippen LogP contribution in [0.15, 0.2) is 0 Å². The van der Waals surface area contributed by atoms with Gasteiger partial charge in [0.05, 0.1) is 0 Å². The highest BCUT2D eigenvalue weighted by Crippen LogP contribution is 2.11. The van der Waals surface area contributed by atoms with Crippen molar-refractivity contribution in [3.05, 3.63) is 0 Å². The lowest BCUT2D eigenvalue weighted by atomic mass is 10.1. The minimum atomic E-state index is -0.544. The molecule has 1 N–H and O–H groups in total. The van der Waals surface area contributed by atoms with Crippen LogP contribution in [0.5, 0.6) is 0 Å². The minimum absolute atomic E-state index is 0.0273. The Labute approximate surface area is 109 Å². The first-order valence-electron chi connectivity index (χ1n) is 6.58. The van der Waals surface area contributed by atoms with Crippen LogP contribution in [-0.4, -0.2) is 41.6 Å². The molecule has 1 heterocycles. The fourth-order valence-electron chi connectivity index (χ4n) is 1.93. The first-order valence-corrected chi connectivity index (χ1v) is 6.58. The number of piperidine rings is 1. The Kier molecular flexibility index (Phi) is 4.99. The van der Waals surface area contributed by atoms with E-state index in [1.54, 1.807) is 27.7 Å². The standard InChI is InChI=1S/C13H24N2O3/c1-10(14-12(17)18-13(2,3)4)11(16)15-8-6-5-7-9-15/h10H,5-9H2,1-4H3,(H,14,17)/t10-/m0/s1. The molecule has 0 bridgehead atoms. The van der Waals surface area contributed by atoms with E-state index in [0.29, 0.717) is 0 Å². The molecule has 0 spiro atoms. The highest BCUT2D eigenvalue weighted by atomic mass is 16.6. The Morgan fingerprint density at radius 1 is 1.17 bits per heavy atom. The summed E-state index contributed by atoms with van der Waals surface area (Å²) in [5, 5.41) is 2.58. The molecule has 5 heteroatoms. The molecule has 1 atom stereocenters. The monoisotopic (exact) mass is 256 g/mol. The van der Waals surface area contributed by atoms with Crippen LogP contribution in [0.4, 0.5) is 4.79 Å². The minimum Gasteiger partial charge on any atom is -0.444 e. The Morgan fingerprint density at radius 3 is 2.22 bits per heavy atom. The van der Waals surface area contributed by atoms with E-state index in [-0.39, 0.29) is 5.91 Å². The second-order valence-corrected chi connectivity index (χ2v) is 5.75. The molecule has 0 aromatic rings. The first kappa shape index (κ1) is 14.8. The second-order valence-electron chi connectivity index (χ2n) is 5.75. The summed E-state index contributed by atoms with van der Waals surface area (Å²) in [6, 6.07) is -0.530. The lowest BCUT2D eigenvalue weighted by molar-refractivity contribution is -0.133. The van der Waals surface area contributed by atoms with Crippen LogP contribution in [0, 0.1) is 0 Å². The molecule has 0 unspecified atom stereocenters. The van der Waals surface area contributed by atoms with Gasteiger partial charge in [0, 0.05) is 13.1 Å². The molecule has 0 aromatic carbocycles. The lowest BCUT2D eigenvalue weighted by Crippen LogP contribution is -2.49. The number of carbonyl (C=O) groups excluding carboxylic acids is 2. The third kappa shape index (κ3) is 4.94. The van der Waals surface area contributed by atoms with Gasteiger partial charge in [0.15, 0.2) is 0 Å². The zero-order valence-corrected chi connectivity index (χ0v) is 11.8. The molecular weight excluding hydrogens is 232 g/mol. The number of hydrogen-bond acceptors (Lipinski definition) is 3. The molecule has 0 saturated carbocycles. The van der Waals surface area contributed by atoms with Crippen molar-refractivity contribution >= 4 is 12.0 Å². The summed E-state index contributed by atoms with van der Waals surface area (Å²) in [5.41, 5.74) is -0.544. The summed E-state index contributed by atoms with van der Waals surface area (Å²) in [7, 11) is 0. The number of alkyl carbamates (subject to hydrolysis) is 1. The van der Waals surface area contributed by atoms with Crippen molar-refractivity contribution in [3.63, 3.8) is 0 Å². The van der Waals surface area contributed by atoms with Gasteiger partial charge in [0.25, 0.3) is 0 Å². The molecule has 1 fully saturated rings. The summed E-state index contributed by atoms with van der Waals surface area (Å²) >= 11 is 0. The molecule has 1 rings (SSSR count). The van der Waals surface area contributed by atoms with E-state index >= 15 is 0 Å². The van der Waals surface area contributed by atoms with Crippen LogP contribution in [0.1, 0.15) is 47.0 Å². The van der Waals surface area contributed by atoms with Crippen molar-refractivity contribution in [2.45, 2.75) is 58.6 Å². The third-order valence-electron chi connectivity index (χ3n) is 2.77. The van der Waals surface area contributed by atoms with Crippen LogP contribution in [-0.2, 0) is 9.53 Å². The van der Waals surface area contributed by atoms with E-state index < -0.39 is 17.7 Å². The first-order chi connectivity index (χ1) is 8.29. The van der Waals surface area contributed by atoms with E-state index in [1.807, 2.05) is 4.90 Å². The summed E-state index contributed by atoms with van der Waals surface area (Å²) in [6.07, 6.45) is 2.73. The fourth-order valence-corrected chi connectivity index (χ4v) is 1.93. The van der Waals surface area contributed by atoms with Crippen molar-refractivity contribution < 1.29 is 14.3 Å². The van der Waals surface area contributed by atoms with Gasteiger partial charge in [-0.1, -0.05) is 0 Å². The lowest BCUT2D eigenvalue weighted by Gasteiger charge is -2.29. The molecule has 104 valence electrons. The number of carbonyl (C=O) groups is 2. The Morgan fingerprint density at radius 2 is 1.72 bits per heavy atom. The number of ether oxygens (including phenoxy) is 1. The van der Waals surface area contributed by atoms with E-state index in [1.165, 1.54) is 6.42 Å². The van der Waals surface area contributed by atoms with Gasteiger partial charge in [0.1, 0.15) is 11.6 Å². The second kappa shape index (κ2) is 6.07. The number of rotatable bonds is 2. The Bertz CT molecular complexity index is 304. The van der Waals surface area contributed by atoms with Crippen molar-refractivity contribution in [1.29, 1.82) is 0 Å². The predicted molar refractivity (Wildman–Crippen MR) is 69.3 cm³/mol. The van der Waals surface area contributed by atoms with Gasteiger partial charge in [-0.05, 0) is 47.0 Å². The molecule has 18 heavy (non-hydrogen) atoms. The van der Waals surface area contributed by atoms with E-state index in [4.69, 9.17) is 4.74 Å². The molecular formula is C13H24N2O3. The van der Waals surface area contributed by atoms with Gasteiger partial charge in [-0.2, -0.15) is 0 Å². The molecule has 1 aliphatic rings. The average molecular weight is 256 g/mol. The van der Waals surface area contributed by atoms with Crippen LogP contribution >= 0.6 is 0 Å². The molecule has 1 saturated heterocycles. The van der Waals surface area contributed by atoms with Gasteiger partial charge in [-0.15, -0.1) is 0 Å². The van der Waals surface area contributed by atoms with Crippen molar-refractivity contribution in [2.24, 2.45) is 0 Å². The zero-order chi connectivity index (χ0) is 13.8. The largest absolute Gasteiger partial charge is 0.444 e. The summed E-state index contributed by atoms with van der Waals surface area (Å²) in [6.45, 7) is 8.66. The van der Waals surface area contributed by atoms with Crippen molar-refractivity contribution in [2.75, 3.05) is 13.1 Å². The van der Waals surface area contributed by atoms with E-state index in [9.17, 15) is 9.59 Å². The quantitative estimate of drug-likeness (QED) is 0.821. The maximum Gasteiger partial charge on any atom is 0.408 e. The Hall–Kier alpha value is -1.26. The van der Waals surface area contributed by atoms with E-state index in [0.717, 1.165) is 25.9 Å². The number of nitrogens with zero attached hydrogens (tertiary/aromatic N) is 1. The highest BCUT2D eigenvalue weighted by molar-refractivity contribution is 5.85. The Balaban J connectivity index is 2.41. The number of amides is 2. The maximum absolute atomic E-state index is 12.1. The summed E-state index contributed by atoms with van der Waals surface area (Å²) in [4.78, 5) is 25.4. The molecule has 0 radical (unpaired) electrons. The van der Waals surface area contributed by atoms with Crippen LogP contribution < -0.4 is 5.32 Å². The molecule has 5 nitrogen and oxygen atoms in total. The van der Waals surface area contributed by atoms with Gasteiger partial charge in [0.2, 0.25) is 5.91 Å². The summed E-state index contributed by atoms with van der Waals surface area (Å²) in [5.74, 6) is -0.0273. The number of nitrogens with one attached hydrogen (secondary N) is 1. The maximum atomic E-state index is 12.1. The molecule has 0 aromatic heterocycles. The van der Waals surface area contributed by atoms with Gasteiger partial charge >= 0.3 is 6.09 Å². The average Bonchev–Trinajstić information content (AvgIpc) is 2.26. The summed E-state index contributed by atoms with van der Waals surface area (Å²) < 4.78 is 5.13. The van der Waals surface area contributed by atoms with E-state index in [2.05, 4.69) is 5.32 Å². The van der Waals surface area contributed by atoms with Crippen LogP contribution in [0.3, 0.4) is 0 Å². The smallest absolute Gasteiger partial charge is 0.408 e. The van der Waals surface area contributed by atoms with Crippen LogP contribution in [0.25, 0.3) is 0 Å². The SMILES string of the molecule is C[C@H](NC(=O)OC(C)(C)C)C(=O)N1CCCCC1. The highest BCUT2D eigenvalue weighted by Gasteiger charge is 2.25. The van der Waals surface area contributed by atoms with Gasteiger partial charge in [-0.25, -0.2) is 4.79 Å². The van der Waals surface area contributed by atoms with Gasteiger partial charge in [-0.3, -0.25) is 4.79 Å². The molecule has 0 aliphatic carbocycles. The molecule has 1 aliphatic heterocycles. The topological polar surface area (TPSA) is 58.6 Å². The number of hydrogen-bond donors (Lipinski definition) is 1. The van der Waals surface area contributed by atoms with Crippen molar-refractivity contribution in [1.82, 2.24) is 10.2 Å². The normalized spacial score (nSPS) is 18.1. The predicted octanol–water partition coefficient (Wildman–Crippen LogP) is 1.91. The third-order valence-corrected chi connectivity index (χ3v) is 2.77.